The predicted octanol–water partition coefficient (Wildman–Crippen LogP) is 1.13. The van der Waals surface area contributed by atoms with Crippen molar-refractivity contribution in [1.82, 2.24) is 30.0 Å². The maximum Gasteiger partial charge on any atom is 0.338 e. The molecule has 1 aromatic heterocycles. The second-order valence-electron chi connectivity index (χ2n) is 8.42. The van der Waals surface area contributed by atoms with Crippen LogP contribution in [0.2, 0.25) is 0 Å². The van der Waals surface area contributed by atoms with Crippen LogP contribution in [0, 0.1) is 11.3 Å². The van der Waals surface area contributed by atoms with E-state index in [0.717, 1.165) is 31.6 Å². The zero-order chi connectivity index (χ0) is 23.5. The number of hydrogen-bond donors (Lipinski definition) is 0. The Kier molecular flexibility index (Phi) is 6.01. The van der Waals surface area contributed by atoms with Crippen LogP contribution in [-0.2, 0) is 29.0 Å². The number of esters is 1. The van der Waals surface area contributed by atoms with Crippen molar-refractivity contribution >= 4 is 11.9 Å². The number of cyclic esters (lactones) is 1. The summed E-state index contributed by atoms with van der Waals surface area (Å²) >= 11 is 0. The molecule has 0 atom stereocenters. The van der Waals surface area contributed by atoms with Crippen LogP contribution >= 0.6 is 0 Å². The Morgan fingerprint density at radius 3 is 2.74 bits per heavy atom. The van der Waals surface area contributed by atoms with Gasteiger partial charge in [0.2, 0.25) is 5.91 Å². The monoisotopic (exact) mass is 457 g/mol. The average molecular weight is 457 g/mol. The van der Waals surface area contributed by atoms with Crippen LogP contribution in [0.5, 0.6) is 0 Å². The van der Waals surface area contributed by atoms with Gasteiger partial charge in [0, 0.05) is 38.3 Å². The molecule has 0 spiro atoms. The minimum absolute atomic E-state index is 0.0228. The van der Waals surface area contributed by atoms with E-state index in [1.54, 1.807) is 18.2 Å². The molecule has 5 rings (SSSR count). The van der Waals surface area contributed by atoms with E-state index in [1.165, 1.54) is 16.6 Å². The number of carbonyl (C=O) groups is 2. The lowest BCUT2D eigenvalue weighted by Crippen LogP contribution is -2.49. The highest BCUT2D eigenvalue weighted by Gasteiger charge is 2.23. The number of carbonyl (C=O) groups excluding carboxylic acids is 2. The van der Waals surface area contributed by atoms with Crippen LogP contribution < -0.4 is 0 Å². The molecule has 0 N–H and O–H groups in total. The van der Waals surface area contributed by atoms with Gasteiger partial charge >= 0.3 is 5.97 Å². The Hall–Kier alpha value is -4.10. The van der Waals surface area contributed by atoms with Gasteiger partial charge < -0.3 is 9.64 Å². The van der Waals surface area contributed by atoms with E-state index in [0.29, 0.717) is 42.1 Å². The van der Waals surface area contributed by atoms with Gasteiger partial charge in [-0.2, -0.15) is 5.26 Å². The first-order valence-corrected chi connectivity index (χ1v) is 11.2. The van der Waals surface area contributed by atoms with Crippen molar-refractivity contribution < 1.29 is 14.3 Å². The number of piperazine rings is 1. The maximum absolute atomic E-state index is 12.9. The van der Waals surface area contributed by atoms with Gasteiger partial charge in [-0.1, -0.05) is 18.2 Å². The molecule has 10 nitrogen and oxygen atoms in total. The maximum atomic E-state index is 12.9. The third kappa shape index (κ3) is 4.51. The number of hydrogen-bond acceptors (Lipinski definition) is 8. The van der Waals surface area contributed by atoms with E-state index in [9.17, 15) is 14.9 Å². The van der Waals surface area contributed by atoms with Crippen LogP contribution in [0.15, 0.2) is 42.7 Å². The SMILES string of the molecule is N#Cc1cc(-n2cnnn2)ccc1CC(=O)N1CCN(CCc2ccc3c(c2)COC3=O)CC1. The lowest BCUT2D eigenvalue weighted by Gasteiger charge is -2.35. The summed E-state index contributed by atoms with van der Waals surface area (Å²) in [5.41, 5.74) is 4.63. The van der Waals surface area contributed by atoms with Crippen LogP contribution in [0.3, 0.4) is 0 Å². The average Bonchev–Trinajstić information content (AvgIpc) is 3.53. The third-order valence-corrected chi connectivity index (χ3v) is 6.36. The zero-order valence-electron chi connectivity index (χ0n) is 18.6. The molecular weight excluding hydrogens is 434 g/mol. The molecule has 34 heavy (non-hydrogen) atoms. The van der Waals surface area contributed by atoms with Crippen LogP contribution in [-0.4, -0.2) is 74.6 Å². The van der Waals surface area contributed by atoms with Crippen molar-refractivity contribution in [1.29, 1.82) is 5.26 Å². The number of ether oxygens (including phenoxy) is 1. The van der Waals surface area contributed by atoms with Gasteiger partial charge in [0.1, 0.15) is 12.9 Å². The number of benzene rings is 2. The molecule has 3 aromatic rings. The minimum atomic E-state index is -0.243. The predicted molar refractivity (Wildman–Crippen MR) is 120 cm³/mol. The Bertz CT molecular complexity index is 1260. The third-order valence-electron chi connectivity index (χ3n) is 6.36. The Morgan fingerprint density at radius 2 is 1.97 bits per heavy atom. The number of aromatic nitrogens is 4. The highest BCUT2D eigenvalue weighted by molar-refractivity contribution is 5.93. The van der Waals surface area contributed by atoms with Crippen LogP contribution in [0.4, 0.5) is 0 Å². The first kappa shape index (κ1) is 21.7. The lowest BCUT2D eigenvalue weighted by atomic mass is 10.0. The molecule has 1 saturated heterocycles. The number of amides is 1. The van der Waals surface area contributed by atoms with E-state index >= 15 is 0 Å². The molecule has 2 aromatic carbocycles. The fraction of sp³-hybridized carbons (Fsp3) is 0.333. The smallest absolute Gasteiger partial charge is 0.338 e. The number of fused-ring (bicyclic) bond motifs is 1. The van der Waals surface area contributed by atoms with Crippen molar-refractivity contribution in [2.75, 3.05) is 32.7 Å². The normalized spacial score (nSPS) is 15.6. The fourth-order valence-corrected chi connectivity index (χ4v) is 4.37. The molecular formula is C24H23N7O3. The molecule has 2 aliphatic heterocycles. The number of rotatable bonds is 6. The molecule has 1 amide bonds. The summed E-state index contributed by atoms with van der Waals surface area (Å²) in [5.74, 6) is -0.220. The van der Waals surface area contributed by atoms with Gasteiger partial charge in [-0.3, -0.25) is 9.69 Å². The number of tetrazole rings is 1. The van der Waals surface area contributed by atoms with E-state index < -0.39 is 0 Å². The summed E-state index contributed by atoms with van der Waals surface area (Å²) in [6, 6.07) is 13.4. The molecule has 10 heteroatoms. The first-order valence-electron chi connectivity index (χ1n) is 11.2. The summed E-state index contributed by atoms with van der Waals surface area (Å²) in [6.07, 6.45) is 2.53. The van der Waals surface area contributed by atoms with Crippen molar-refractivity contribution in [3.63, 3.8) is 0 Å². The number of nitrogens with zero attached hydrogens (tertiary/aromatic N) is 7. The van der Waals surface area contributed by atoms with Crippen molar-refractivity contribution in [3.05, 3.63) is 70.5 Å². The van der Waals surface area contributed by atoms with Crippen molar-refractivity contribution in [3.8, 4) is 11.8 Å². The van der Waals surface area contributed by atoms with Crippen LogP contribution in [0.1, 0.15) is 32.6 Å². The second-order valence-corrected chi connectivity index (χ2v) is 8.42. The lowest BCUT2D eigenvalue weighted by molar-refractivity contribution is -0.132. The van der Waals surface area contributed by atoms with E-state index in [-0.39, 0.29) is 18.3 Å². The molecule has 2 aliphatic rings. The molecule has 3 heterocycles. The zero-order valence-corrected chi connectivity index (χ0v) is 18.6. The van der Waals surface area contributed by atoms with Crippen LogP contribution in [0.25, 0.3) is 5.69 Å². The van der Waals surface area contributed by atoms with E-state index in [4.69, 9.17) is 4.74 Å². The molecule has 0 bridgehead atoms. The highest BCUT2D eigenvalue weighted by atomic mass is 16.5. The Balaban J connectivity index is 1.13. The minimum Gasteiger partial charge on any atom is -0.457 e. The quantitative estimate of drug-likeness (QED) is 0.506. The first-order chi connectivity index (χ1) is 16.6. The Labute approximate surface area is 196 Å². The molecule has 0 unspecified atom stereocenters. The molecule has 0 radical (unpaired) electrons. The topological polar surface area (TPSA) is 117 Å². The Morgan fingerprint density at radius 1 is 1.12 bits per heavy atom. The highest BCUT2D eigenvalue weighted by Crippen LogP contribution is 2.21. The fourth-order valence-electron chi connectivity index (χ4n) is 4.37. The van der Waals surface area contributed by atoms with Gasteiger partial charge in [-0.05, 0) is 46.2 Å². The molecule has 1 fully saturated rings. The largest absolute Gasteiger partial charge is 0.457 e. The van der Waals surface area contributed by atoms with Crippen molar-refractivity contribution in [2.24, 2.45) is 0 Å². The van der Waals surface area contributed by atoms with Crippen molar-refractivity contribution in [2.45, 2.75) is 19.4 Å². The standard InChI is InChI=1S/C24H23N7O3/c25-14-19-12-21(31-16-26-27-28-31)3-2-18(19)13-23(32)30-9-7-29(8-10-30)6-5-17-1-4-22-20(11-17)15-34-24(22)33/h1-4,11-12,16H,5-10,13,15H2. The molecule has 172 valence electrons. The van der Waals surface area contributed by atoms with Gasteiger partial charge in [0.25, 0.3) is 0 Å². The van der Waals surface area contributed by atoms with Gasteiger partial charge in [0.15, 0.2) is 0 Å². The van der Waals surface area contributed by atoms with Gasteiger partial charge in [-0.25, -0.2) is 9.48 Å². The van der Waals surface area contributed by atoms with Gasteiger partial charge in [0.05, 0.1) is 29.3 Å². The summed E-state index contributed by atoms with van der Waals surface area (Å²) in [7, 11) is 0. The van der Waals surface area contributed by atoms with E-state index in [1.807, 2.05) is 17.0 Å². The molecule has 0 saturated carbocycles. The second kappa shape index (κ2) is 9.41. The summed E-state index contributed by atoms with van der Waals surface area (Å²) in [5, 5.41) is 20.6. The summed E-state index contributed by atoms with van der Waals surface area (Å²) in [4.78, 5) is 28.7. The molecule has 0 aliphatic carbocycles. The van der Waals surface area contributed by atoms with Gasteiger partial charge in [-0.15, -0.1) is 5.10 Å². The number of nitriles is 1. The summed E-state index contributed by atoms with van der Waals surface area (Å²) < 4.78 is 6.55. The van der Waals surface area contributed by atoms with E-state index in [2.05, 4.69) is 32.6 Å². The summed E-state index contributed by atoms with van der Waals surface area (Å²) in [6.45, 7) is 4.19.